The van der Waals surface area contributed by atoms with Gasteiger partial charge in [-0.25, -0.2) is 0 Å². The SMILES string of the molecule is COc1ccc(C(=O)NCC(c2ccc(OC)c(OC)c2)N(C)C)cc1. The molecule has 1 amide bonds. The molecule has 0 heterocycles. The lowest BCUT2D eigenvalue weighted by Crippen LogP contribution is -2.34. The van der Waals surface area contributed by atoms with Crippen LogP contribution in [0, 0.1) is 0 Å². The van der Waals surface area contributed by atoms with Crippen molar-refractivity contribution < 1.29 is 19.0 Å². The minimum absolute atomic E-state index is 0.00277. The predicted molar refractivity (Wildman–Crippen MR) is 101 cm³/mol. The number of carbonyl (C=O) groups is 1. The number of nitrogens with one attached hydrogen (secondary N) is 1. The van der Waals surface area contributed by atoms with Gasteiger partial charge in [0, 0.05) is 12.1 Å². The summed E-state index contributed by atoms with van der Waals surface area (Å²) in [4.78, 5) is 14.5. The van der Waals surface area contributed by atoms with Crippen LogP contribution in [0.2, 0.25) is 0 Å². The van der Waals surface area contributed by atoms with E-state index >= 15 is 0 Å². The standard InChI is InChI=1S/C20H26N2O4/c1-22(2)17(15-8-11-18(25-4)19(12-15)26-5)13-21-20(23)14-6-9-16(24-3)10-7-14/h6-12,17H,13H2,1-5H3,(H,21,23). The molecular formula is C20H26N2O4. The molecule has 0 fully saturated rings. The maximum Gasteiger partial charge on any atom is 0.251 e. The summed E-state index contributed by atoms with van der Waals surface area (Å²) in [6.07, 6.45) is 0. The Morgan fingerprint density at radius 1 is 0.962 bits per heavy atom. The second kappa shape index (κ2) is 9.10. The lowest BCUT2D eigenvalue weighted by molar-refractivity contribution is 0.0942. The summed E-state index contributed by atoms with van der Waals surface area (Å²) in [5.74, 6) is 1.94. The molecule has 0 saturated heterocycles. The van der Waals surface area contributed by atoms with Crippen LogP contribution in [0.3, 0.4) is 0 Å². The number of amides is 1. The monoisotopic (exact) mass is 358 g/mol. The molecule has 140 valence electrons. The molecule has 2 aromatic carbocycles. The summed E-state index contributed by atoms with van der Waals surface area (Å²) >= 11 is 0. The average molecular weight is 358 g/mol. The first-order valence-corrected chi connectivity index (χ1v) is 8.30. The van der Waals surface area contributed by atoms with Gasteiger partial charge < -0.3 is 24.4 Å². The lowest BCUT2D eigenvalue weighted by Gasteiger charge is -2.26. The van der Waals surface area contributed by atoms with Crippen molar-refractivity contribution in [2.45, 2.75) is 6.04 Å². The number of ether oxygens (including phenoxy) is 3. The number of benzene rings is 2. The Labute approximate surface area is 154 Å². The molecule has 6 heteroatoms. The largest absolute Gasteiger partial charge is 0.497 e. The van der Waals surface area contributed by atoms with Crippen molar-refractivity contribution in [2.24, 2.45) is 0 Å². The van der Waals surface area contributed by atoms with E-state index in [-0.39, 0.29) is 11.9 Å². The van der Waals surface area contributed by atoms with Crippen LogP contribution in [0.4, 0.5) is 0 Å². The average Bonchev–Trinajstić information content (AvgIpc) is 2.67. The van der Waals surface area contributed by atoms with Crippen LogP contribution in [0.1, 0.15) is 22.0 Å². The van der Waals surface area contributed by atoms with Crippen LogP contribution in [-0.4, -0.2) is 52.8 Å². The van der Waals surface area contributed by atoms with Crippen LogP contribution in [0.25, 0.3) is 0 Å². The molecule has 1 unspecified atom stereocenters. The van der Waals surface area contributed by atoms with E-state index in [1.54, 1.807) is 45.6 Å². The van der Waals surface area contributed by atoms with Crippen LogP contribution in [0.15, 0.2) is 42.5 Å². The molecule has 0 aliphatic rings. The molecule has 0 aliphatic carbocycles. The van der Waals surface area contributed by atoms with E-state index in [1.165, 1.54) is 0 Å². The summed E-state index contributed by atoms with van der Waals surface area (Å²) in [7, 11) is 8.76. The molecule has 0 spiro atoms. The van der Waals surface area contributed by atoms with Gasteiger partial charge in [-0.05, 0) is 56.1 Å². The number of likely N-dealkylation sites (N-methyl/N-ethyl adjacent to an activating group) is 1. The van der Waals surface area contributed by atoms with E-state index in [4.69, 9.17) is 14.2 Å². The molecule has 1 atom stereocenters. The van der Waals surface area contributed by atoms with E-state index in [0.29, 0.717) is 23.6 Å². The highest BCUT2D eigenvalue weighted by Gasteiger charge is 2.18. The van der Waals surface area contributed by atoms with E-state index in [1.807, 2.05) is 32.3 Å². The zero-order valence-corrected chi connectivity index (χ0v) is 15.9. The fourth-order valence-electron chi connectivity index (χ4n) is 2.69. The molecule has 0 aromatic heterocycles. The van der Waals surface area contributed by atoms with Gasteiger partial charge in [-0.2, -0.15) is 0 Å². The number of hydrogen-bond donors (Lipinski definition) is 1. The van der Waals surface area contributed by atoms with Gasteiger partial charge in [0.05, 0.1) is 27.4 Å². The quantitative estimate of drug-likeness (QED) is 0.786. The number of hydrogen-bond acceptors (Lipinski definition) is 5. The molecule has 2 rings (SSSR count). The first-order chi connectivity index (χ1) is 12.5. The highest BCUT2D eigenvalue weighted by Crippen LogP contribution is 2.31. The molecule has 6 nitrogen and oxygen atoms in total. The van der Waals surface area contributed by atoms with Crippen LogP contribution in [0.5, 0.6) is 17.2 Å². The highest BCUT2D eigenvalue weighted by atomic mass is 16.5. The minimum atomic E-state index is -0.125. The van der Waals surface area contributed by atoms with Gasteiger partial charge in [-0.15, -0.1) is 0 Å². The Hall–Kier alpha value is -2.73. The molecular weight excluding hydrogens is 332 g/mol. The van der Waals surface area contributed by atoms with Crippen LogP contribution >= 0.6 is 0 Å². The van der Waals surface area contributed by atoms with Gasteiger partial charge in [0.15, 0.2) is 11.5 Å². The Balaban J connectivity index is 2.11. The van der Waals surface area contributed by atoms with Gasteiger partial charge in [0.1, 0.15) is 5.75 Å². The molecule has 1 N–H and O–H groups in total. The third-order valence-corrected chi connectivity index (χ3v) is 4.22. The van der Waals surface area contributed by atoms with Crippen molar-refractivity contribution in [3.8, 4) is 17.2 Å². The van der Waals surface area contributed by atoms with Crippen molar-refractivity contribution in [1.29, 1.82) is 0 Å². The van der Waals surface area contributed by atoms with Crippen molar-refractivity contribution >= 4 is 5.91 Å². The Morgan fingerprint density at radius 3 is 2.15 bits per heavy atom. The minimum Gasteiger partial charge on any atom is -0.497 e. The van der Waals surface area contributed by atoms with Gasteiger partial charge in [0.2, 0.25) is 0 Å². The Bertz CT molecular complexity index is 729. The number of carbonyl (C=O) groups excluding carboxylic acids is 1. The van der Waals surface area contributed by atoms with Gasteiger partial charge in [0.25, 0.3) is 5.91 Å². The zero-order valence-electron chi connectivity index (χ0n) is 15.9. The molecule has 0 saturated carbocycles. The Kier molecular flexibility index (Phi) is 6.86. The maximum atomic E-state index is 12.4. The van der Waals surface area contributed by atoms with Crippen LogP contribution < -0.4 is 19.5 Å². The number of rotatable bonds is 8. The molecule has 0 radical (unpaired) electrons. The first-order valence-electron chi connectivity index (χ1n) is 8.30. The fraction of sp³-hybridized carbons (Fsp3) is 0.350. The van der Waals surface area contributed by atoms with Gasteiger partial charge >= 0.3 is 0 Å². The van der Waals surface area contributed by atoms with Gasteiger partial charge in [-0.3, -0.25) is 4.79 Å². The third kappa shape index (κ3) is 4.67. The van der Waals surface area contributed by atoms with Crippen molar-refractivity contribution in [2.75, 3.05) is 42.0 Å². The zero-order chi connectivity index (χ0) is 19.1. The molecule has 0 bridgehead atoms. The van der Waals surface area contributed by atoms with E-state index in [0.717, 1.165) is 11.3 Å². The lowest BCUT2D eigenvalue weighted by atomic mass is 10.0. The maximum absolute atomic E-state index is 12.4. The van der Waals surface area contributed by atoms with E-state index in [2.05, 4.69) is 10.2 Å². The highest BCUT2D eigenvalue weighted by molar-refractivity contribution is 5.94. The summed E-state index contributed by atoms with van der Waals surface area (Å²) in [5, 5.41) is 2.99. The van der Waals surface area contributed by atoms with Crippen molar-refractivity contribution in [3.63, 3.8) is 0 Å². The molecule has 0 aliphatic heterocycles. The summed E-state index contributed by atoms with van der Waals surface area (Å²) in [6, 6.07) is 12.8. The summed E-state index contributed by atoms with van der Waals surface area (Å²) in [6.45, 7) is 0.466. The second-order valence-corrected chi connectivity index (χ2v) is 6.03. The number of methoxy groups -OCH3 is 3. The van der Waals surface area contributed by atoms with E-state index < -0.39 is 0 Å². The second-order valence-electron chi connectivity index (χ2n) is 6.03. The van der Waals surface area contributed by atoms with Crippen molar-refractivity contribution in [1.82, 2.24) is 10.2 Å². The van der Waals surface area contributed by atoms with Crippen molar-refractivity contribution in [3.05, 3.63) is 53.6 Å². The fourth-order valence-corrected chi connectivity index (χ4v) is 2.69. The third-order valence-electron chi connectivity index (χ3n) is 4.22. The topological polar surface area (TPSA) is 60.0 Å². The smallest absolute Gasteiger partial charge is 0.251 e. The molecule has 26 heavy (non-hydrogen) atoms. The Morgan fingerprint density at radius 2 is 1.62 bits per heavy atom. The number of nitrogens with zero attached hydrogens (tertiary/aromatic N) is 1. The summed E-state index contributed by atoms with van der Waals surface area (Å²) in [5.41, 5.74) is 1.62. The van der Waals surface area contributed by atoms with Crippen LogP contribution in [-0.2, 0) is 0 Å². The first kappa shape index (κ1) is 19.6. The van der Waals surface area contributed by atoms with E-state index in [9.17, 15) is 4.79 Å². The molecule has 2 aromatic rings. The predicted octanol–water partition coefficient (Wildman–Crippen LogP) is 2.75. The summed E-state index contributed by atoms with van der Waals surface area (Å²) < 4.78 is 15.8. The van der Waals surface area contributed by atoms with Gasteiger partial charge in [-0.1, -0.05) is 6.07 Å². The normalized spacial score (nSPS) is 11.8.